The third-order valence-corrected chi connectivity index (χ3v) is 6.96. The van der Waals surface area contributed by atoms with Gasteiger partial charge in [-0.2, -0.15) is 0 Å². The van der Waals surface area contributed by atoms with Crippen molar-refractivity contribution in [2.45, 2.75) is 4.90 Å². The first kappa shape index (κ1) is 21.5. The third kappa shape index (κ3) is 3.58. The van der Waals surface area contributed by atoms with Gasteiger partial charge in [0.15, 0.2) is 11.5 Å². The highest BCUT2D eigenvalue weighted by atomic mass is 32.2. The molecule has 1 heterocycles. The number of benzene rings is 3. The maximum absolute atomic E-state index is 13.4. The molecular formula is C24H21NO6S. The number of nitrogens with zero attached hydrogens (tertiary/aromatic N) is 1. The SMILES string of the molecule is COc1ccc(N2C=C(C(=O)c3ccc(OC)c(OC)c3)S(=O)(=O)c3ccccc32)cc1. The summed E-state index contributed by atoms with van der Waals surface area (Å²) in [5.74, 6) is 0.797. The largest absolute Gasteiger partial charge is 0.497 e. The van der Waals surface area contributed by atoms with Gasteiger partial charge >= 0.3 is 0 Å². The number of carbonyl (C=O) groups excluding carboxylic acids is 1. The lowest BCUT2D eigenvalue weighted by Crippen LogP contribution is -2.25. The summed E-state index contributed by atoms with van der Waals surface area (Å²) in [6.07, 6.45) is 1.36. The van der Waals surface area contributed by atoms with Gasteiger partial charge in [0.1, 0.15) is 10.7 Å². The van der Waals surface area contributed by atoms with Crippen LogP contribution in [0, 0.1) is 0 Å². The normalized spacial score (nSPS) is 14.2. The van der Waals surface area contributed by atoms with Crippen molar-refractivity contribution in [3.05, 3.63) is 83.4 Å². The van der Waals surface area contributed by atoms with Crippen LogP contribution in [0.4, 0.5) is 11.4 Å². The molecular weight excluding hydrogens is 430 g/mol. The molecule has 8 heteroatoms. The number of carbonyl (C=O) groups is 1. The highest BCUT2D eigenvalue weighted by Crippen LogP contribution is 2.41. The zero-order chi connectivity index (χ0) is 22.9. The monoisotopic (exact) mass is 451 g/mol. The number of fused-ring (bicyclic) bond motifs is 1. The molecule has 7 nitrogen and oxygen atoms in total. The van der Waals surface area contributed by atoms with Crippen molar-refractivity contribution in [3.8, 4) is 17.2 Å². The van der Waals surface area contributed by atoms with Crippen LogP contribution in [0.2, 0.25) is 0 Å². The van der Waals surface area contributed by atoms with E-state index in [2.05, 4.69) is 0 Å². The molecule has 0 radical (unpaired) electrons. The lowest BCUT2D eigenvalue weighted by atomic mass is 10.1. The molecule has 0 N–H and O–H groups in total. The lowest BCUT2D eigenvalue weighted by molar-refractivity contribution is 0.104. The second kappa shape index (κ2) is 8.39. The molecule has 0 unspecified atom stereocenters. The quantitative estimate of drug-likeness (QED) is 0.515. The van der Waals surface area contributed by atoms with E-state index in [1.54, 1.807) is 60.5 Å². The first-order valence-electron chi connectivity index (χ1n) is 9.66. The number of methoxy groups -OCH3 is 3. The molecule has 3 aromatic rings. The first-order chi connectivity index (χ1) is 15.4. The summed E-state index contributed by atoms with van der Waals surface area (Å²) in [5, 5.41) is 0. The summed E-state index contributed by atoms with van der Waals surface area (Å²) < 4.78 is 42.5. The van der Waals surface area contributed by atoms with E-state index in [1.165, 1.54) is 38.6 Å². The van der Waals surface area contributed by atoms with Gasteiger partial charge in [-0.15, -0.1) is 0 Å². The Morgan fingerprint density at radius 2 is 1.50 bits per heavy atom. The van der Waals surface area contributed by atoms with Crippen LogP contribution in [0.3, 0.4) is 0 Å². The van der Waals surface area contributed by atoms with E-state index in [4.69, 9.17) is 14.2 Å². The molecule has 0 saturated heterocycles. The Balaban J connectivity index is 1.86. The minimum absolute atomic E-state index is 0.0575. The number of rotatable bonds is 6. The van der Waals surface area contributed by atoms with Crippen LogP contribution in [-0.4, -0.2) is 35.5 Å². The predicted molar refractivity (Wildman–Crippen MR) is 121 cm³/mol. The van der Waals surface area contributed by atoms with Gasteiger partial charge in [-0.25, -0.2) is 8.42 Å². The molecule has 0 spiro atoms. The predicted octanol–water partition coefficient (Wildman–Crippen LogP) is 4.36. The van der Waals surface area contributed by atoms with Crippen molar-refractivity contribution < 1.29 is 27.4 Å². The average molecular weight is 452 g/mol. The van der Waals surface area contributed by atoms with Crippen LogP contribution in [0.1, 0.15) is 10.4 Å². The van der Waals surface area contributed by atoms with Gasteiger partial charge in [0, 0.05) is 17.5 Å². The van der Waals surface area contributed by atoms with Crippen LogP contribution in [0.5, 0.6) is 17.2 Å². The number of para-hydroxylation sites is 1. The molecule has 4 rings (SSSR count). The standard InChI is InChI=1S/C24H21NO6S/c1-29-18-11-9-17(10-12-18)25-15-23(32(27,28)22-7-5-4-6-19(22)25)24(26)16-8-13-20(30-2)21(14-16)31-3/h4-15H,1-3H3. The second-order valence-corrected chi connectivity index (χ2v) is 8.82. The minimum Gasteiger partial charge on any atom is -0.497 e. The number of anilines is 2. The molecule has 0 bridgehead atoms. The molecule has 0 atom stereocenters. The Hall–Kier alpha value is -3.78. The number of allylic oxidation sites excluding steroid dienone is 1. The van der Waals surface area contributed by atoms with E-state index in [-0.39, 0.29) is 15.4 Å². The van der Waals surface area contributed by atoms with Gasteiger partial charge in [-0.3, -0.25) is 4.79 Å². The van der Waals surface area contributed by atoms with E-state index in [9.17, 15) is 13.2 Å². The molecule has 0 aliphatic carbocycles. The minimum atomic E-state index is -4.05. The van der Waals surface area contributed by atoms with Crippen molar-refractivity contribution in [3.63, 3.8) is 0 Å². The molecule has 32 heavy (non-hydrogen) atoms. The number of ketones is 1. The van der Waals surface area contributed by atoms with E-state index in [1.807, 2.05) is 0 Å². The fourth-order valence-corrected chi connectivity index (χ4v) is 5.06. The van der Waals surface area contributed by atoms with Crippen molar-refractivity contribution >= 4 is 27.0 Å². The van der Waals surface area contributed by atoms with Crippen LogP contribution in [-0.2, 0) is 9.84 Å². The number of Topliss-reactive ketones (excluding diaryl/α,β-unsaturated/α-hetero) is 1. The molecule has 0 amide bonds. The average Bonchev–Trinajstić information content (AvgIpc) is 2.83. The number of hydrogen-bond acceptors (Lipinski definition) is 7. The molecule has 0 aromatic heterocycles. The number of hydrogen-bond donors (Lipinski definition) is 0. The van der Waals surface area contributed by atoms with Gasteiger partial charge in [0.25, 0.3) is 0 Å². The zero-order valence-electron chi connectivity index (χ0n) is 17.7. The summed E-state index contributed by atoms with van der Waals surface area (Å²) in [7, 11) is 0.453. The summed E-state index contributed by atoms with van der Waals surface area (Å²) in [6, 6.07) is 18.2. The maximum Gasteiger partial charge on any atom is 0.214 e. The van der Waals surface area contributed by atoms with Crippen molar-refractivity contribution in [1.82, 2.24) is 0 Å². The zero-order valence-corrected chi connectivity index (χ0v) is 18.5. The van der Waals surface area contributed by atoms with Crippen molar-refractivity contribution in [2.75, 3.05) is 26.2 Å². The highest BCUT2D eigenvalue weighted by Gasteiger charge is 2.36. The second-order valence-electron chi connectivity index (χ2n) is 6.93. The Morgan fingerprint density at radius 3 is 2.16 bits per heavy atom. The molecule has 164 valence electrons. The van der Waals surface area contributed by atoms with Gasteiger partial charge in [0.2, 0.25) is 15.6 Å². The summed E-state index contributed by atoms with van der Waals surface area (Å²) >= 11 is 0. The molecule has 0 fully saturated rings. The third-order valence-electron chi connectivity index (χ3n) is 5.17. The topological polar surface area (TPSA) is 82.1 Å². The van der Waals surface area contributed by atoms with Gasteiger partial charge in [-0.05, 0) is 54.6 Å². The van der Waals surface area contributed by atoms with E-state index in [0.717, 1.165) is 0 Å². The van der Waals surface area contributed by atoms with Gasteiger partial charge in [-0.1, -0.05) is 12.1 Å². The van der Waals surface area contributed by atoms with Crippen LogP contribution < -0.4 is 19.1 Å². The summed E-state index contributed by atoms with van der Waals surface area (Å²) in [5.41, 5.74) is 1.32. The van der Waals surface area contributed by atoms with Crippen LogP contribution in [0.15, 0.2) is 82.7 Å². The summed E-state index contributed by atoms with van der Waals surface area (Å²) in [4.78, 5) is 14.8. The number of sulfone groups is 1. The van der Waals surface area contributed by atoms with Crippen LogP contribution in [0.25, 0.3) is 0 Å². The molecule has 3 aromatic carbocycles. The Bertz CT molecular complexity index is 1310. The van der Waals surface area contributed by atoms with Crippen molar-refractivity contribution in [1.29, 1.82) is 0 Å². The smallest absolute Gasteiger partial charge is 0.214 e. The van der Waals surface area contributed by atoms with Gasteiger partial charge < -0.3 is 19.1 Å². The first-order valence-corrected chi connectivity index (χ1v) is 11.1. The fraction of sp³-hybridized carbons (Fsp3) is 0.125. The Labute approximate surface area is 186 Å². The highest BCUT2D eigenvalue weighted by molar-refractivity contribution is 7.96. The Morgan fingerprint density at radius 1 is 0.812 bits per heavy atom. The van der Waals surface area contributed by atoms with Crippen LogP contribution >= 0.6 is 0 Å². The fourth-order valence-electron chi connectivity index (χ4n) is 3.51. The van der Waals surface area contributed by atoms with E-state index >= 15 is 0 Å². The number of ether oxygens (including phenoxy) is 3. The molecule has 1 aliphatic rings. The maximum atomic E-state index is 13.4. The van der Waals surface area contributed by atoms with Crippen molar-refractivity contribution in [2.24, 2.45) is 0 Å². The molecule has 0 saturated carbocycles. The van der Waals surface area contributed by atoms with Gasteiger partial charge in [0.05, 0.1) is 31.9 Å². The lowest BCUT2D eigenvalue weighted by Gasteiger charge is -2.29. The summed E-state index contributed by atoms with van der Waals surface area (Å²) in [6.45, 7) is 0. The Kier molecular flexibility index (Phi) is 5.63. The van der Waals surface area contributed by atoms with E-state index < -0.39 is 15.6 Å². The molecule has 1 aliphatic heterocycles. The van der Waals surface area contributed by atoms with E-state index in [0.29, 0.717) is 28.6 Å².